The Labute approximate surface area is 120 Å². The summed E-state index contributed by atoms with van der Waals surface area (Å²) in [6, 6.07) is 6.64. The van der Waals surface area contributed by atoms with Gasteiger partial charge >= 0.3 is 0 Å². The van der Waals surface area contributed by atoms with Crippen LogP contribution in [0.1, 0.15) is 32.3 Å². The molecule has 1 aromatic carbocycles. The molecule has 20 heavy (non-hydrogen) atoms. The second-order valence-electron chi connectivity index (χ2n) is 5.63. The number of nitrogens with one attached hydrogen (secondary N) is 1. The first-order chi connectivity index (χ1) is 9.43. The molecule has 1 amide bonds. The predicted octanol–water partition coefficient (Wildman–Crippen LogP) is 2.32. The Morgan fingerprint density at radius 1 is 1.30 bits per heavy atom. The highest BCUT2D eigenvalue weighted by molar-refractivity contribution is 5.91. The molecule has 0 saturated heterocycles. The fourth-order valence-electron chi connectivity index (χ4n) is 1.79. The summed E-state index contributed by atoms with van der Waals surface area (Å²) < 4.78 is 0. The van der Waals surface area contributed by atoms with Gasteiger partial charge in [-0.15, -0.1) is 0 Å². The third kappa shape index (κ3) is 6.38. The highest BCUT2D eigenvalue weighted by Gasteiger charge is 2.17. The van der Waals surface area contributed by atoms with Crippen molar-refractivity contribution in [2.45, 2.75) is 26.7 Å². The van der Waals surface area contributed by atoms with Crippen LogP contribution in [0.15, 0.2) is 30.3 Å². The van der Waals surface area contributed by atoms with Crippen LogP contribution in [-0.2, 0) is 4.79 Å². The van der Waals surface area contributed by atoms with E-state index in [1.807, 2.05) is 0 Å². The molecule has 0 aromatic heterocycles. The van der Waals surface area contributed by atoms with Crippen molar-refractivity contribution in [1.29, 1.82) is 0 Å². The molecule has 0 heterocycles. The number of benzene rings is 1. The molecule has 1 aromatic rings. The number of phenols is 1. The Hall–Kier alpha value is -1.81. The lowest BCUT2D eigenvalue weighted by Crippen LogP contribution is -2.33. The summed E-state index contributed by atoms with van der Waals surface area (Å²) in [5.74, 6) is 0.0624. The third-order valence-corrected chi connectivity index (χ3v) is 3.07. The van der Waals surface area contributed by atoms with Crippen molar-refractivity contribution in [2.75, 3.05) is 13.2 Å². The average molecular weight is 277 g/mol. The lowest BCUT2D eigenvalue weighted by molar-refractivity contribution is -0.116. The van der Waals surface area contributed by atoms with Crippen LogP contribution in [0, 0.1) is 5.41 Å². The van der Waals surface area contributed by atoms with E-state index >= 15 is 0 Å². The van der Waals surface area contributed by atoms with Gasteiger partial charge in [0.15, 0.2) is 0 Å². The molecule has 0 fully saturated rings. The van der Waals surface area contributed by atoms with Crippen LogP contribution >= 0.6 is 0 Å². The van der Waals surface area contributed by atoms with Gasteiger partial charge < -0.3 is 15.5 Å². The van der Waals surface area contributed by atoms with E-state index in [1.165, 1.54) is 6.08 Å². The van der Waals surface area contributed by atoms with Crippen LogP contribution in [0.2, 0.25) is 0 Å². The second-order valence-corrected chi connectivity index (χ2v) is 5.63. The van der Waals surface area contributed by atoms with Crippen LogP contribution in [0.3, 0.4) is 0 Å². The first kappa shape index (κ1) is 16.2. The molecule has 3 N–H and O–H groups in total. The number of amides is 1. The SMILES string of the molecule is CC(C)(CCCO)CNC(=O)/C=C/c1ccc(O)cc1. The van der Waals surface area contributed by atoms with Gasteiger partial charge in [0, 0.05) is 19.2 Å². The molecular formula is C16H23NO3. The maximum Gasteiger partial charge on any atom is 0.244 e. The number of hydrogen-bond donors (Lipinski definition) is 3. The molecule has 0 aliphatic heterocycles. The van der Waals surface area contributed by atoms with Gasteiger partial charge in [-0.3, -0.25) is 4.79 Å². The smallest absolute Gasteiger partial charge is 0.244 e. The molecule has 0 bridgehead atoms. The summed E-state index contributed by atoms with van der Waals surface area (Å²) in [6.45, 7) is 4.88. The van der Waals surface area contributed by atoms with E-state index in [1.54, 1.807) is 30.3 Å². The lowest BCUT2D eigenvalue weighted by Gasteiger charge is -2.24. The second kappa shape index (κ2) is 7.70. The summed E-state index contributed by atoms with van der Waals surface area (Å²) in [4.78, 5) is 11.7. The van der Waals surface area contributed by atoms with E-state index in [0.717, 1.165) is 18.4 Å². The number of carbonyl (C=O) groups excluding carboxylic acids is 1. The normalized spacial score (nSPS) is 11.8. The van der Waals surface area contributed by atoms with Gasteiger partial charge in [-0.05, 0) is 42.0 Å². The number of aromatic hydroxyl groups is 1. The van der Waals surface area contributed by atoms with Crippen molar-refractivity contribution < 1.29 is 15.0 Å². The molecule has 0 aliphatic rings. The average Bonchev–Trinajstić information content (AvgIpc) is 2.42. The standard InChI is InChI=1S/C16H23NO3/c1-16(2,10-3-11-18)12-17-15(20)9-6-13-4-7-14(19)8-5-13/h4-9,18-19H,3,10-12H2,1-2H3,(H,17,20)/b9-6+. The quantitative estimate of drug-likeness (QED) is 0.670. The molecule has 0 radical (unpaired) electrons. The molecule has 1 rings (SSSR count). The summed E-state index contributed by atoms with van der Waals surface area (Å²) in [5.41, 5.74) is 0.836. The zero-order valence-electron chi connectivity index (χ0n) is 12.1. The van der Waals surface area contributed by atoms with Crippen LogP contribution in [0.4, 0.5) is 0 Å². The van der Waals surface area contributed by atoms with Gasteiger partial charge in [-0.2, -0.15) is 0 Å². The number of phenolic OH excluding ortho intramolecular Hbond substituents is 1. The van der Waals surface area contributed by atoms with Gasteiger partial charge in [0.1, 0.15) is 5.75 Å². The summed E-state index contributed by atoms with van der Waals surface area (Å²) in [5, 5.41) is 20.8. The van der Waals surface area contributed by atoms with Crippen molar-refractivity contribution in [3.63, 3.8) is 0 Å². The molecule has 0 saturated carbocycles. The Morgan fingerprint density at radius 2 is 1.95 bits per heavy atom. The molecule has 4 heteroatoms. The summed E-state index contributed by atoms with van der Waals surface area (Å²) in [6.07, 6.45) is 4.79. The van der Waals surface area contributed by atoms with Gasteiger partial charge in [-0.25, -0.2) is 0 Å². The zero-order chi connectivity index (χ0) is 15.0. The number of aliphatic hydroxyl groups excluding tert-OH is 1. The van der Waals surface area contributed by atoms with Crippen LogP contribution in [0.25, 0.3) is 6.08 Å². The van der Waals surface area contributed by atoms with Crippen molar-refractivity contribution in [3.8, 4) is 5.75 Å². The van der Waals surface area contributed by atoms with E-state index in [4.69, 9.17) is 10.2 Å². The fraction of sp³-hybridized carbons (Fsp3) is 0.438. The number of carbonyl (C=O) groups is 1. The van der Waals surface area contributed by atoms with E-state index in [2.05, 4.69) is 19.2 Å². The summed E-state index contributed by atoms with van der Waals surface area (Å²) >= 11 is 0. The molecule has 0 unspecified atom stereocenters. The topological polar surface area (TPSA) is 69.6 Å². The largest absolute Gasteiger partial charge is 0.508 e. The molecule has 0 aliphatic carbocycles. The molecular weight excluding hydrogens is 254 g/mol. The highest BCUT2D eigenvalue weighted by atomic mass is 16.3. The Bertz CT molecular complexity index is 449. The van der Waals surface area contributed by atoms with Crippen LogP contribution in [0.5, 0.6) is 5.75 Å². The van der Waals surface area contributed by atoms with E-state index < -0.39 is 0 Å². The number of hydrogen-bond acceptors (Lipinski definition) is 3. The maximum atomic E-state index is 11.7. The van der Waals surface area contributed by atoms with E-state index in [-0.39, 0.29) is 23.7 Å². The Morgan fingerprint density at radius 3 is 2.55 bits per heavy atom. The maximum absolute atomic E-state index is 11.7. The van der Waals surface area contributed by atoms with E-state index in [0.29, 0.717) is 6.54 Å². The van der Waals surface area contributed by atoms with Gasteiger partial charge in [0.05, 0.1) is 0 Å². The predicted molar refractivity (Wildman–Crippen MR) is 80.3 cm³/mol. The van der Waals surface area contributed by atoms with Crippen LogP contribution in [-0.4, -0.2) is 29.3 Å². The van der Waals surface area contributed by atoms with Crippen molar-refractivity contribution in [1.82, 2.24) is 5.32 Å². The first-order valence-electron chi connectivity index (χ1n) is 6.79. The van der Waals surface area contributed by atoms with Gasteiger partial charge in [0.25, 0.3) is 0 Å². The monoisotopic (exact) mass is 277 g/mol. The van der Waals surface area contributed by atoms with E-state index in [9.17, 15) is 4.79 Å². The summed E-state index contributed by atoms with van der Waals surface area (Å²) in [7, 11) is 0. The fourth-order valence-corrected chi connectivity index (χ4v) is 1.79. The highest BCUT2D eigenvalue weighted by Crippen LogP contribution is 2.20. The number of rotatable bonds is 7. The van der Waals surface area contributed by atoms with Crippen molar-refractivity contribution in [3.05, 3.63) is 35.9 Å². The van der Waals surface area contributed by atoms with Crippen molar-refractivity contribution in [2.24, 2.45) is 5.41 Å². The van der Waals surface area contributed by atoms with Gasteiger partial charge in [-0.1, -0.05) is 26.0 Å². The Kier molecular flexibility index (Phi) is 6.25. The zero-order valence-corrected chi connectivity index (χ0v) is 12.1. The lowest BCUT2D eigenvalue weighted by atomic mass is 9.88. The number of aliphatic hydroxyl groups is 1. The molecule has 4 nitrogen and oxygen atoms in total. The minimum atomic E-state index is -0.143. The molecule has 0 spiro atoms. The Balaban J connectivity index is 2.41. The third-order valence-electron chi connectivity index (χ3n) is 3.07. The minimum Gasteiger partial charge on any atom is -0.508 e. The molecule has 110 valence electrons. The molecule has 0 atom stereocenters. The minimum absolute atomic E-state index is 0.0230. The first-order valence-corrected chi connectivity index (χ1v) is 6.79. The van der Waals surface area contributed by atoms with Crippen molar-refractivity contribution >= 4 is 12.0 Å². The van der Waals surface area contributed by atoms with Gasteiger partial charge in [0.2, 0.25) is 5.91 Å². The van der Waals surface area contributed by atoms with Crippen LogP contribution < -0.4 is 5.32 Å².